The number of carbonyl (C=O) groups is 4. The summed E-state index contributed by atoms with van der Waals surface area (Å²) in [5.41, 5.74) is 1.09. The monoisotopic (exact) mass is 544 g/mol. The number of ether oxygens (including phenoxy) is 1. The van der Waals surface area contributed by atoms with Gasteiger partial charge in [-0.25, -0.2) is 14.5 Å². The maximum absolute atomic E-state index is 13.0. The second kappa shape index (κ2) is 10.4. The molecular formula is C25H15Cl3N2O6. The van der Waals surface area contributed by atoms with Crippen molar-refractivity contribution in [3.05, 3.63) is 98.0 Å². The SMILES string of the molecule is O=C1NC(=O)N(c2ccc(Cl)cc2)C(=O)/C1=C/c1cc(Cl)c(OCc2ccc(C(=O)O)cc2)c(Cl)c1. The number of rotatable bonds is 6. The molecule has 0 spiro atoms. The van der Waals surface area contributed by atoms with Crippen molar-refractivity contribution in [2.24, 2.45) is 0 Å². The largest absolute Gasteiger partial charge is 0.486 e. The van der Waals surface area contributed by atoms with Crippen LogP contribution in [0.4, 0.5) is 10.5 Å². The highest BCUT2D eigenvalue weighted by atomic mass is 35.5. The Kier molecular flexibility index (Phi) is 7.30. The molecule has 0 aromatic heterocycles. The molecule has 8 nitrogen and oxygen atoms in total. The molecule has 0 bridgehead atoms. The van der Waals surface area contributed by atoms with Gasteiger partial charge in [0.05, 0.1) is 21.3 Å². The molecule has 3 aromatic carbocycles. The summed E-state index contributed by atoms with van der Waals surface area (Å²) in [5, 5.41) is 11.8. The van der Waals surface area contributed by atoms with Gasteiger partial charge in [-0.1, -0.05) is 46.9 Å². The minimum atomic E-state index is -1.04. The van der Waals surface area contributed by atoms with E-state index in [0.29, 0.717) is 16.1 Å². The highest BCUT2D eigenvalue weighted by Gasteiger charge is 2.36. The molecule has 4 amide bonds. The first-order chi connectivity index (χ1) is 17.1. The Morgan fingerprint density at radius 2 is 1.56 bits per heavy atom. The fourth-order valence-electron chi connectivity index (χ4n) is 3.35. The van der Waals surface area contributed by atoms with E-state index in [2.05, 4.69) is 5.32 Å². The number of carbonyl (C=O) groups excluding carboxylic acids is 3. The number of aromatic carboxylic acids is 1. The zero-order valence-corrected chi connectivity index (χ0v) is 20.4. The van der Waals surface area contributed by atoms with Gasteiger partial charge in [-0.05, 0) is 65.7 Å². The lowest BCUT2D eigenvalue weighted by atomic mass is 10.1. The lowest BCUT2D eigenvalue weighted by Gasteiger charge is -2.26. The maximum atomic E-state index is 13.0. The number of hydrogen-bond donors (Lipinski definition) is 2. The van der Waals surface area contributed by atoms with Gasteiger partial charge in [-0.2, -0.15) is 0 Å². The molecule has 0 atom stereocenters. The lowest BCUT2D eigenvalue weighted by molar-refractivity contribution is -0.122. The van der Waals surface area contributed by atoms with Crippen molar-refractivity contribution < 1.29 is 29.0 Å². The van der Waals surface area contributed by atoms with Gasteiger partial charge in [0.15, 0.2) is 5.75 Å². The molecule has 4 rings (SSSR count). The van der Waals surface area contributed by atoms with Crippen molar-refractivity contribution in [1.82, 2.24) is 5.32 Å². The molecule has 182 valence electrons. The van der Waals surface area contributed by atoms with Crippen LogP contribution in [0.25, 0.3) is 6.08 Å². The summed E-state index contributed by atoms with van der Waals surface area (Å²) in [6.07, 6.45) is 1.26. The summed E-state index contributed by atoms with van der Waals surface area (Å²) in [6.45, 7) is 0.0683. The molecule has 1 saturated heterocycles. The van der Waals surface area contributed by atoms with E-state index in [9.17, 15) is 19.2 Å². The quantitative estimate of drug-likeness (QED) is 0.308. The average molecular weight is 546 g/mol. The summed E-state index contributed by atoms with van der Waals surface area (Å²) >= 11 is 18.6. The number of hydrogen-bond acceptors (Lipinski definition) is 5. The lowest BCUT2D eigenvalue weighted by Crippen LogP contribution is -2.54. The van der Waals surface area contributed by atoms with E-state index in [0.717, 1.165) is 4.90 Å². The van der Waals surface area contributed by atoms with Crippen LogP contribution in [0.1, 0.15) is 21.5 Å². The zero-order chi connectivity index (χ0) is 26.0. The van der Waals surface area contributed by atoms with E-state index in [1.165, 1.54) is 54.6 Å². The van der Waals surface area contributed by atoms with Crippen LogP contribution in [0.3, 0.4) is 0 Å². The fourth-order valence-corrected chi connectivity index (χ4v) is 4.09. The Hall–Kier alpha value is -3.85. The Labute approximate surface area is 219 Å². The normalized spacial score (nSPS) is 14.7. The van der Waals surface area contributed by atoms with E-state index in [-0.39, 0.29) is 39.2 Å². The number of urea groups is 1. The van der Waals surface area contributed by atoms with Crippen LogP contribution in [0, 0.1) is 0 Å². The third-order valence-electron chi connectivity index (χ3n) is 5.10. The number of carboxylic acid groups (broad SMARTS) is 1. The minimum absolute atomic E-state index is 0.0683. The number of carboxylic acids is 1. The molecule has 11 heteroatoms. The van der Waals surface area contributed by atoms with Gasteiger partial charge in [0.25, 0.3) is 11.8 Å². The molecule has 0 radical (unpaired) electrons. The molecule has 1 aliphatic heterocycles. The number of imide groups is 2. The van der Waals surface area contributed by atoms with Crippen LogP contribution >= 0.6 is 34.8 Å². The molecule has 2 N–H and O–H groups in total. The fraction of sp³-hybridized carbons (Fsp3) is 0.0400. The molecule has 0 saturated carbocycles. The Bertz CT molecular complexity index is 1400. The Morgan fingerprint density at radius 1 is 0.944 bits per heavy atom. The van der Waals surface area contributed by atoms with E-state index in [1.807, 2.05) is 0 Å². The number of amides is 4. The first kappa shape index (κ1) is 25.2. The third kappa shape index (κ3) is 5.36. The number of anilines is 1. The predicted molar refractivity (Wildman–Crippen MR) is 135 cm³/mol. The molecule has 1 fully saturated rings. The molecule has 3 aromatic rings. The van der Waals surface area contributed by atoms with E-state index >= 15 is 0 Å². The maximum Gasteiger partial charge on any atom is 0.335 e. The van der Waals surface area contributed by atoms with Gasteiger partial charge in [0.2, 0.25) is 0 Å². The first-order valence-corrected chi connectivity index (χ1v) is 11.4. The van der Waals surface area contributed by atoms with Gasteiger partial charge < -0.3 is 9.84 Å². The van der Waals surface area contributed by atoms with Crippen LogP contribution in [-0.4, -0.2) is 28.9 Å². The number of nitrogens with zero attached hydrogens (tertiary/aromatic N) is 1. The van der Waals surface area contributed by atoms with Crippen molar-refractivity contribution in [3.63, 3.8) is 0 Å². The van der Waals surface area contributed by atoms with Crippen LogP contribution in [-0.2, 0) is 16.2 Å². The van der Waals surface area contributed by atoms with Crippen LogP contribution in [0.5, 0.6) is 5.75 Å². The summed E-state index contributed by atoms with van der Waals surface area (Å²) < 4.78 is 5.70. The molecule has 36 heavy (non-hydrogen) atoms. The molecular weight excluding hydrogens is 531 g/mol. The van der Waals surface area contributed by atoms with Crippen LogP contribution in [0.15, 0.2) is 66.2 Å². The minimum Gasteiger partial charge on any atom is -0.486 e. The number of barbiturate groups is 1. The third-order valence-corrected chi connectivity index (χ3v) is 5.92. The van der Waals surface area contributed by atoms with Crippen molar-refractivity contribution in [2.75, 3.05) is 4.90 Å². The van der Waals surface area contributed by atoms with Crippen molar-refractivity contribution in [3.8, 4) is 5.75 Å². The van der Waals surface area contributed by atoms with Gasteiger partial charge in [0.1, 0.15) is 12.2 Å². The zero-order valence-electron chi connectivity index (χ0n) is 18.1. The van der Waals surface area contributed by atoms with Gasteiger partial charge >= 0.3 is 12.0 Å². The molecule has 1 aliphatic rings. The van der Waals surface area contributed by atoms with Crippen molar-refractivity contribution in [2.45, 2.75) is 6.61 Å². The highest BCUT2D eigenvalue weighted by Crippen LogP contribution is 2.36. The summed E-state index contributed by atoms with van der Waals surface area (Å²) in [4.78, 5) is 49.5. The van der Waals surface area contributed by atoms with Crippen molar-refractivity contribution >= 4 is 70.4 Å². The summed E-state index contributed by atoms with van der Waals surface area (Å²) in [5.74, 6) is -2.57. The predicted octanol–water partition coefficient (Wildman–Crippen LogP) is 5.59. The van der Waals surface area contributed by atoms with Crippen molar-refractivity contribution in [1.29, 1.82) is 0 Å². The molecule has 0 aliphatic carbocycles. The molecule has 1 heterocycles. The van der Waals surface area contributed by atoms with E-state index in [4.69, 9.17) is 44.6 Å². The molecule has 0 unspecified atom stereocenters. The smallest absolute Gasteiger partial charge is 0.335 e. The average Bonchev–Trinajstić information content (AvgIpc) is 2.82. The van der Waals surface area contributed by atoms with E-state index < -0.39 is 23.8 Å². The number of benzene rings is 3. The first-order valence-electron chi connectivity index (χ1n) is 10.2. The summed E-state index contributed by atoms with van der Waals surface area (Å²) in [6, 6.07) is 14.1. The Balaban J connectivity index is 1.57. The second-order valence-electron chi connectivity index (χ2n) is 7.54. The van der Waals surface area contributed by atoms with Crippen LogP contribution in [0.2, 0.25) is 15.1 Å². The second-order valence-corrected chi connectivity index (χ2v) is 8.79. The van der Waals surface area contributed by atoms with Gasteiger partial charge in [0, 0.05) is 5.02 Å². The Morgan fingerprint density at radius 3 is 2.14 bits per heavy atom. The number of halogens is 3. The van der Waals surface area contributed by atoms with Gasteiger partial charge in [-0.15, -0.1) is 0 Å². The highest BCUT2D eigenvalue weighted by molar-refractivity contribution is 6.40. The van der Waals surface area contributed by atoms with Crippen LogP contribution < -0.4 is 15.0 Å². The van der Waals surface area contributed by atoms with Gasteiger partial charge in [-0.3, -0.25) is 14.9 Å². The topological polar surface area (TPSA) is 113 Å². The summed E-state index contributed by atoms with van der Waals surface area (Å²) in [7, 11) is 0. The van der Waals surface area contributed by atoms with E-state index in [1.54, 1.807) is 12.1 Å². The standard InChI is InChI=1S/C25H15Cl3N2O6/c26-16-5-7-17(8-6-16)30-23(32)18(22(31)29-25(30)35)9-14-10-19(27)21(20(28)11-14)36-12-13-1-3-15(4-2-13)24(33)34/h1-11H,12H2,(H,33,34)(H,29,31,35)/b18-9+. The number of nitrogens with one attached hydrogen (secondary N) is 1.